The monoisotopic (exact) mass is 256 g/mol. The van der Waals surface area contributed by atoms with Gasteiger partial charge in [0, 0.05) is 6.42 Å². The predicted octanol–water partition coefficient (Wildman–Crippen LogP) is 4.67. The maximum Gasteiger partial charge on any atom is 0.305 e. The Morgan fingerprint density at radius 3 is 1.78 bits per heavy atom. The van der Waals surface area contributed by atoms with Gasteiger partial charge >= 0.3 is 5.97 Å². The van der Waals surface area contributed by atoms with Gasteiger partial charge in [0.2, 0.25) is 0 Å². The Labute approximate surface area is 113 Å². The van der Waals surface area contributed by atoms with E-state index in [0.717, 1.165) is 19.3 Å². The lowest BCUT2D eigenvalue weighted by Crippen LogP contribution is -2.18. The molecule has 0 saturated carbocycles. The predicted molar refractivity (Wildman–Crippen MR) is 77.4 cm³/mol. The van der Waals surface area contributed by atoms with Gasteiger partial charge in [0.05, 0.1) is 6.61 Å². The number of esters is 1. The van der Waals surface area contributed by atoms with Crippen molar-refractivity contribution in [1.29, 1.82) is 0 Å². The number of rotatable bonds is 9. The highest BCUT2D eigenvalue weighted by Gasteiger charge is 2.15. The molecular formula is C16H32O2. The van der Waals surface area contributed by atoms with Crippen molar-refractivity contribution >= 4 is 5.97 Å². The van der Waals surface area contributed by atoms with Crippen LogP contribution in [0.4, 0.5) is 0 Å². The van der Waals surface area contributed by atoms with E-state index in [1.54, 1.807) is 0 Å². The van der Waals surface area contributed by atoms with Crippen LogP contribution in [0.5, 0.6) is 0 Å². The fourth-order valence-corrected chi connectivity index (χ4v) is 2.26. The molecular weight excluding hydrogens is 224 g/mol. The molecule has 0 bridgehead atoms. The molecule has 2 nitrogen and oxygen atoms in total. The zero-order chi connectivity index (χ0) is 14.1. The maximum absolute atomic E-state index is 11.6. The van der Waals surface area contributed by atoms with Gasteiger partial charge in [-0.05, 0) is 42.9 Å². The number of hydrogen-bond donors (Lipinski definition) is 0. The first-order valence-corrected chi connectivity index (χ1v) is 7.46. The summed E-state index contributed by atoms with van der Waals surface area (Å²) in [6.45, 7) is 13.8. The largest absolute Gasteiger partial charge is 0.465 e. The standard InChI is InChI=1S/C16H32O2/c1-12(2)7-8-16(17)18-11-15(9-13(3)4)10-14(5)6/h12-15H,7-11H2,1-6H3. The van der Waals surface area contributed by atoms with Crippen LogP contribution >= 0.6 is 0 Å². The number of hydrogen-bond acceptors (Lipinski definition) is 2. The summed E-state index contributed by atoms with van der Waals surface area (Å²) in [5.74, 6) is 2.40. The van der Waals surface area contributed by atoms with Crippen LogP contribution in [0.1, 0.15) is 67.2 Å². The summed E-state index contributed by atoms with van der Waals surface area (Å²) in [5, 5.41) is 0. The minimum Gasteiger partial charge on any atom is -0.465 e. The highest BCUT2D eigenvalue weighted by atomic mass is 16.5. The molecule has 108 valence electrons. The summed E-state index contributed by atoms with van der Waals surface area (Å²) in [5.41, 5.74) is 0. The average molecular weight is 256 g/mol. The number of carbonyl (C=O) groups is 1. The number of ether oxygens (including phenoxy) is 1. The lowest BCUT2D eigenvalue weighted by molar-refractivity contribution is -0.145. The van der Waals surface area contributed by atoms with Crippen LogP contribution in [0.3, 0.4) is 0 Å². The van der Waals surface area contributed by atoms with Crippen molar-refractivity contribution < 1.29 is 9.53 Å². The molecule has 0 heterocycles. The summed E-state index contributed by atoms with van der Waals surface area (Å²) in [6.07, 6.45) is 3.79. The zero-order valence-corrected chi connectivity index (χ0v) is 13.2. The molecule has 0 unspecified atom stereocenters. The van der Waals surface area contributed by atoms with E-state index in [4.69, 9.17) is 4.74 Å². The summed E-state index contributed by atoms with van der Waals surface area (Å²) >= 11 is 0. The second kappa shape index (κ2) is 9.41. The molecule has 0 aliphatic heterocycles. The summed E-state index contributed by atoms with van der Waals surface area (Å²) in [6, 6.07) is 0. The fraction of sp³-hybridized carbons (Fsp3) is 0.938. The molecule has 0 radical (unpaired) electrons. The molecule has 0 aliphatic rings. The Kier molecular flexibility index (Phi) is 9.13. The molecule has 0 spiro atoms. The number of carbonyl (C=O) groups excluding carboxylic acids is 1. The van der Waals surface area contributed by atoms with Crippen LogP contribution in [-0.4, -0.2) is 12.6 Å². The van der Waals surface area contributed by atoms with Crippen molar-refractivity contribution in [1.82, 2.24) is 0 Å². The zero-order valence-electron chi connectivity index (χ0n) is 13.2. The maximum atomic E-state index is 11.6. The third kappa shape index (κ3) is 10.6. The van der Waals surface area contributed by atoms with E-state index in [1.165, 1.54) is 0 Å². The molecule has 0 rings (SSSR count). The van der Waals surface area contributed by atoms with Gasteiger partial charge in [0.1, 0.15) is 0 Å². The highest BCUT2D eigenvalue weighted by molar-refractivity contribution is 5.69. The molecule has 0 atom stereocenters. The van der Waals surface area contributed by atoms with Gasteiger partial charge in [0.25, 0.3) is 0 Å². The summed E-state index contributed by atoms with van der Waals surface area (Å²) < 4.78 is 5.42. The van der Waals surface area contributed by atoms with Crippen LogP contribution in [-0.2, 0) is 9.53 Å². The van der Waals surface area contributed by atoms with Crippen LogP contribution < -0.4 is 0 Å². The Bertz CT molecular complexity index is 209. The van der Waals surface area contributed by atoms with E-state index in [0.29, 0.717) is 36.7 Å². The van der Waals surface area contributed by atoms with Crippen molar-refractivity contribution in [3.05, 3.63) is 0 Å². The minimum atomic E-state index is -0.0267. The van der Waals surface area contributed by atoms with Crippen LogP contribution in [0.15, 0.2) is 0 Å². The Morgan fingerprint density at radius 2 is 1.39 bits per heavy atom. The van der Waals surface area contributed by atoms with Crippen molar-refractivity contribution in [3.8, 4) is 0 Å². The lowest BCUT2D eigenvalue weighted by atomic mass is 9.90. The molecule has 0 aromatic rings. The van der Waals surface area contributed by atoms with Crippen molar-refractivity contribution in [2.24, 2.45) is 23.7 Å². The molecule has 18 heavy (non-hydrogen) atoms. The van der Waals surface area contributed by atoms with Gasteiger partial charge in [-0.25, -0.2) is 0 Å². The highest BCUT2D eigenvalue weighted by Crippen LogP contribution is 2.20. The fourth-order valence-electron chi connectivity index (χ4n) is 2.26. The molecule has 0 N–H and O–H groups in total. The Balaban J connectivity index is 3.97. The quantitative estimate of drug-likeness (QED) is 0.560. The van der Waals surface area contributed by atoms with Crippen molar-refractivity contribution in [2.45, 2.75) is 67.2 Å². The normalized spacial score (nSPS) is 11.9. The van der Waals surface area contributed by atoms with E-state index in [1.807, 2.05) is 0 Å². The van der Waals surface area contributed by atoms with Crippen molar-refractivity contribution in [3.63, 3.8) is 0 Å². The van der Waals surface area contributed by atoms with Crippen LogP contribution in [0.2, 0.25) is 0 Å². The van der Waals surface area contributed by atoms with Gasteiger partial charge in [0.15, 0.2) is 0 Å². The van der Waals surface area contributed by atoms with E-state index >= 15 is 0 Å². The molecule has 0 fully saturated rings. The minimum absolute atomic E-state index is 0.0267. The van der Waals surface area contributed by atoms with Gasteiger partial charge in [-0.1, -0.05) is 41.5 Å². The third-order valence-corrected chi connectivity index (χ3v) is 3.02. The Morgan fingerprint density at radius 1 is 0.889 bits per heavy atom. The summed E-state index contributed by atoms with van der Waals surface area (Å²) in [4.78, 5) is 11.6. The van der Waals surface area contributed by atoms with Gasteiger partial charge in [-0.2, -0.15) is 0 Å². The van der Waals surface area contributed by atoms with Crippen LogP contribution in [0, 0.1) is 23.7 Å². The van der Waals surface area contributed by atoms with Gasteiger partial charge in [-0.3, -0.25) is 4.79 Å². The molecule has 0 aromatic heterocycles. The molecule has 0 amide bonds. The van der Waals surface area contributed by atoms with Gasteiger partial charge in [-0.15, -0.1) is 0 Å². The average Bonchev–Trinajstić information content (AvgIpc) is 2.21. The first-order chi connectivity index (χ1) is 8.31. The SMILES string of the molecule is CC(C)CCC(=O)OCC(CC(C)C)CC(C)C. The molecule has 2 heteroatoms. The second-order valence-electron chi connectivity index (χ2n) is 6.74. The third-order valence-electron chi connectivity index (χ3n) is 3.02. The molecule has 0 saturated heterocycles. The van der Waals surface area contributed by atoms with E-state index in [-0.39, 0.29) is 5.97 Å². The second-order valence-corrected chi connectivity index (χ2v) is 6.74. The van der Waals surface area contributed by atoms with E-state index < -0.39 is 0 Å². The molecule has 0 aliphatic carbocycles. The molecule has 0 aromatic carbocycles. The summed E-state index contributed by atoms with van der Waals surface area (Å²) in [7, 11) is 0. The van der Waals surface area contributed by atoms with E-state index in [9.17, 15) is 4.79 Å². The van der Waals surface area contributed by atoms with E-state index in [2.05, 4.69) is 41.5 Å². The van der Waals surface area contributed by atoms with Crippen LogP contribution in [0.25, 0.3) is 0 Å². The van der Waals surface area contributed by atoms with Crippen molar-refractivity contribution in [2.75, 3.05) is 6.61 Å². The lowest BCUT2D eigenvalue weighted by Gasteiger charge is -2.20. The first kappa shape index (κ1) is 17.5. The van der Waals surface area contributed by atoms with Gasteiger partial charge < -0.3 is 4.74 Å². The smallest absolute Gasteiger partial charge is 0.305 e. The first-order valence-electron chi connectivity index (χ1n) is 7.46. The Hall–Kier alpha value is -0.530. The topological polar surface area (TPSA) is 26.3 Å².